The first-order valence-corrected chi connectivity index (χ1v) is 3.46. The molecule has 4 heteroatoms. The molecular formula is C7H11NO3. The van der Waals surface area contributed by atoms with Crippen LogP contribution in [-0.4, -0.2) is 18.0 Å². The summed E-state index contributed by atoms with van der Waals surface area (Å²) in [6.45, 7) is 3.36. The zero-order valence-electron chi connectivity index (χ0n) is 6.66. The Labute approximate surface area is 65.2 Å². The number of hydrogen-bond donors (Lipinski definition) is 0. The van der Waals surface area contributed by atoms with Gasteiger partial charge in [0, 0.05) is 12.8 Å². The second-order valence-electron chi connectivity index (χ2n) is 1.87. The van der Waals surface area contributed by atoms with E-state index in [2.05, 4.69) is 9.99 Å². The molecule has 0 radical (unpaired) electrons. The third kappa shape index (κ3) is 5.26. The van der Waals surface area contributed by atoms with Gasteiger partial charge in [-0.3, -0.25) is 4.79 Å². The first-order valence-electron chi connectivity index (χ1n) is 3.46. The summed E-state index contributed by atoms with van der Waals surface area (Å²) in [4.78, 5) is 25.2. The van der Waals surface area contributed by atoms with Gasteiger partial charge in [0.2, 0.25) is 0 Å². The van der Waals surface area contributed by atoms with Crippen LogP contribution in [0.4, 0.5) is 0 Å². The van der Waals surface area contributed by atoms with Gasteiger partial charge in [-0.15, -0.1) is 0 Å². The lowest BCUT2D eigenvalue weighted by atomic mass is 10.3. The molecule has 62 valence electrons. The summed E-state index contributed by atoms with van der Waals surface area (Å²) in [5.74, 6) is -0.598. The lowest BCUT2D eigenvalue weighted by Crippen LogP contribution is -2.00. The Kier molecular flexibility index (Phi) is 4.98. The van der Waals surface area contributed by atoms with Crippen LogP contribution in [0, 0.1) is 0 Å². The van der Waals surface area contributed by atoms with Crippen molar-refractivity contribution in [2.24, 2.45) is 5.16 Å². The Morgan fingerprint density at radius 1 is 1.36 bits per heavy atom. The van der Waals surface area contributed by atoms with Crippen molar-refractivity contribution in [2.75, 3.05) is 0 Å². The fourth-order valence-corrected chi connectivity index (χ4v) is 0.300. The molecule has 0 rings (SSSR count). The van der Waals surface area contributed by atoms with Crippen LogP contribution in [0.1, 0.15) is 26.7 Å². The highest BCUT2D eigenvalue weighted by atomic mass is 16.7. The Bertz CT molecular complexity index is 175. The molecule has 11 heavy (non-hydrogen) atoms. The van der Waals surface area contributed by atoms with Crippen LogP contribution in [-0.2, 0) is 14.4 Å². The molecule has 0 aliphatic rings. The van der Waals surface area contributed by atoms with Crippen molar-refractivity contribution in [1.29, 1.82) is 0 Å². The van der Waals surface area contributed by atoms with E-state index in [1.807, 2.05) is 0 Å². The summed E-state index contributed by atoms with van der Waals surface area (Å²) in [6, 6.07) is 0. The molecule has 4 nitrogen and oxygen atoms in total. The van der Waals surface area contributed by atoms with Crippen LogP contribution in [0.2, 0.25) is 0 Å². The van der Waals surface area contributed by atoms with E-state index in [0.29, 0.717) is 6.42 Å². The molecule has 0 amide bonds. The Balaban J connectivity index is 3.60. The van der Waals surface area contributed by atoms with E-state index >= 15 is 0 Å². The molecule has 0 saturated carbocycles. The molecule has 0 aromatic rings. The van der Waals surface area contributed by atoms with Gasteiger partial charge in [-0.05, 0) is 0 Å². The van der Waals surface area contributed by atoms with Crippen molar-refractivity contribution in [3.63, 3.8) is 0 Å². The molecule has 0 aromatic carbocycles. The summed E-state index contributed by atoms with van der Waals surface area (Å²) in [5, 5.41) is 3.19. The molecule has 0 aliphatic heterocycles. The number of ketones is 1. The Morgan fingerprint density at radius 2 is 2.00 bits per heavy atom. The van der Waals surface area contributed by atoms with Gasteiger partial charge in [-0.1, -0.05) is 19.0 Å². The highest BCUT2D eigenvalue weighted by Gasteiger charge is 1.95. The van der Waals surface area contributed by atoms with E-state index < -0.39 is 5.97 Å². The van der Waals surface area contributed by atoms with Gasteiger partial charge < -0.3 is 4.84 Å². The van der Waals surface area contributed by atoms with E-state index in [0.717, 1.165) is 6.21 Å². The maximum Gasteiger partial charge on any atom is 0.334 e. The van der Waals surface area contributed by atoms with E-state index in [1.165, 1.54) is 0 Å². The van der Waals surface area contributed by atoms with Crippen LogP contribution in [0.25, 0.3) is 0 Å². The minimum absolute atomic E-state index is 0.158. The largest absolute Gasteiger partial charge is 0.334 e. The van der Waals surface area contributed by atoms with Crippen molar-refractivity contribution in [3.05, 3.63) is 0 Å². The molecule has 0 saturated heterocycles. The molecule has 0 aromatic heterocycles. The predicted octanol–water partition coefficient (Wildman–Crippen LogP) is 0.905. The van der Waals surface area contributed by atoms with Crippen LogP contribution in [0.5, 0.6) is 0 Å². The first-order chi connectivity index (χ1) is 5.20. The second-order valence-corrected chi connectivity index (χ2v) is 1.87. The van der Waals surface area contributed by atoms with E-state index in [4.69, 9.17) is 0 Å². The summed E-state index contributed by atoms with van der Waals surface area (Å²) >= 11 is 0. The second kappa shape index (κ2) is 5.58. The van der Waals surface area contributed by atoms with E-state index in [-0.39, 0.29) is 12.2 Å². The number of Topliss-reactive ketones (excluding diaryl/α,β-unsaturated/α-hetero) is 1. The van der Waals surface area contributed by atoms with Crippen molar-refractivity contribution in [3.8, 4) is 0 Å². The van der Waals surface area contributed by atoms with Gasteiger partial charge in [0.25, 0.3) is 0 Å². The SMILES string of the molecule is CCC(=O)C=NOC(=O)CC. The average molecular weight is 157 g/mol. The van der Waals surface area contributed by atoms with E-state index in [9.17, 15) is 9.59 Å². The third-order valence-electron chi connectivity index (χ3n) is 0.988. The van der Waals surface area contributed by atoms with E-state index in [1.54, 1.807) is 13.8 Å². The minimum Gasteiger partial charge on any atom is -0.318 e. The van der Waals surface area contributed by atoms with Crippen LogP contribution in [0.15, 0.2) is 5.16 Å². The Morgan fingerprint density at radius 3 is 2.45 bits per heavy atom. The molecule has 0 atom stereocenters. The molecule has 0 fully saturated rings. The molecule has 0 aliphatic carbocycles. The zero-order valence-corrected chi connectivity index (χ0v) is 6.66. The van der Waals surface area contributed by atoms with Gasteiger partial charge in [0.05, 0.1) is 0 Å². The maximum absolute atomic E-state index is 10.5. The highest BCUT2D eigenvalue weighted by Crippen LogP contribution is 1.84. The quantitative estimate of drug-likeness (QED) is 0.346. The standard InChI is InChI=1S/C7H11NO3/c1-3-6(9)5-8-11-7(10)4-2/h5H,3-4H2,1-2H3. The normalized spacial score (nSPS) is 10.0. The van der Waals surface area contributed by atoms with Gasteiger partial charge in [-0.2, -0.15) is 0 Å². The third-order valence-corrected chi connectivity index (χ3v) is 0.988. The molecule has 0 heterocycles. The fourth-order valence-electron chi connectivity index (χ4n) is 0.300. The van der Waals surface area contributed by atoms with Gasteiger partial charge in [-0.25, -0.2) is 4.79 Å². The van der Waals surface area contributed by atoms with Gasteiger partial charge in [0.1, 0.15) is 6.21 Å². The van der Waals surface area contributed by atoms with Crippen LogP contribution >= 0.6 is 0 Å². The fraction of sp³-hybridized carbons (Fsp3) is 0.571. The lowest BCUT2D eigenvalue weighted by molar-refractivity contribution is -0.143. The summed E-state index contributed by atoms with van der Waals surface area (Å²) in [5.41, 5.74) is 0. The van der Waals surface area contributed by atoms with Gasteiger partial charge >= 0.3 is 5.97 Å². The molecule has 0 spiro atoms. The summed E-state index contributed by atoms with van der Waals surface area (Å²) in [6.07, 6.45) is 1.64. The number of oxime groups is 1. The summed E-state index contributed by atoms with van der Waals surface area (Å²) < 4.78 is 0. The monoisotopic (exact) mass is 157 g/mol. The summed E-state index contributed by atoms with van der Waals surface area (Å²) in [7, 11) is 0. The average Bonchev–Trinajstić information content (AvgIpc) is 2.04. The lowest BCUT2D eigenvalue weighted by Gasteiger charge is -1.89. The zero-order chi connectivity index (χ0) is 8.69. The number of hydrogen-bond acceptors (Lipinski definition) is 4. The van der Waals surface area contributed by atoms with Gasteiger partial charge in [0.15, 0.2) is 5.78 Å². The molecule has 0 bridgehead atoms. The first kappa shape index (κ1) is 9.81. The maximum atomic E-state index is 10.5. The number of nitrogens with zero attached hydrogens (tertiary/aromatic N) is 1. The topological polar surface area (TPSA) is 55.7 Å². The number of carbonyl (C=O) groups is 2. The highest BCUT2D eigenvalue weighted by molar-refractivity contribution is 6.27. The van der Waals surface area contributed by atoms with Crippen LogP contribution in [0.3, 0.4) is 0 Å². The van der Waals surface area contributed by atoms with Crippen molar-refractivity contribution in [2.45, 2.75) is 26.7 Å². The number of rotatable bonds is 4. The minimum atomic E-state index is -0.440. The Hall–Kier alpha value is -1.19. The number of carbonyl (C=O) groups excluding carboxylic acids is 2. The molecule has 0 N–H and O–H groups in total. The van der Waals surface area contributed by atoms with Crippen molar-refractivity contribution in [1.82, 2.24) is 0 Å². The molecular weight excluding hydrogens is 146 g/mol. The smallest absolute Gasteiger partial charge is 0.318 e. The molecule has 0 unspecified atom stereocenters. The van der Waals surface area contributed by atoms with Crippen LogP contribution < -0.4 is 0 Å². The van der Waals surface area contributed by atoms with Crippen molar-refractivity contribution < 1.29 is 14.4 Å². The van der Waals surface area contributed by atoms with Crippen molar-refractivity contribution >= 4 is 18.0 Å². The predicted molar refractivity (Wildman–Crippen MR) is 40.2 cm³/mol.